The predicted molar refractivity (Wildman–Crippen MR) is 82.1 cm³/mol. The minimum atomic E-state index is -0.626. The van der Waals surface area contributed by atoms with Crippen LogP contribution in [-0.4, -0.2) is 17.9 Å². The van der Waals surface area contributed by atoms with Gasteiger partial charge in [0.05, 0.1) is 12.1 Å². The van der Waals surface area contributed by atoms with E-state index in [4.69, 9.17) is 0 Å². The van der Waals surface area contributed by atoms with Gasteiger partial charge in [-0.15, -0.1) is 0 Å². The molecule has 112 valence electrons. The Morgan fingerprint density at radius 1 is 1.05 bits per heavy atom. The van der Waals surface area contributed by atoms with E-state index in [0.717, 1.165) is 5.56 Å². The number of anilines is 2. The van der Waals surface area contributed by atoms with Crippen molar-refractivity contribution in [3.05, 3.63) is 59.9 Å². The Balaban J connectivity index is 1.79. The lowest BCUT2D eigenvalue weighted by molar-refractivity contribution is -0.121. The van der Waals surface area contributed by atoms with Gasteiger partial charge < -0.3 is 5.32 Å². The first-order valence-electron chi connectivity index (χ1n) is 7.00. The number of rotatable bonds is 3. The molecule has 0 bridgehead atoms. The summed E-state index contributed by atoms with van der Waals surface area (Å²) in [6.45, 7) is 1.94. The molecule has 3 rings (SSSR count). The van der Waals surface area contributed by atoms with Crippen LogP contribution in [0.4, 0.5) is 15.8 Å². The van der Waals surface area contributed by atoms with E-state index in [2.05, 4.69) is 5.32 Å². The van der Waals surface area contributed by atoms with Crippen molar-refractivity contribution in [1.29, 1.82) is 0 Å². The number of imide groups is 1. The van der Waals surface area contributed by atoms with Gasteiger partial charge in [0.25, 0.3) is 5.91 Å². The number of nitrogens with zero attached hydrogens (tertiary/aromatic N) is 1. The van der Waals surface area contributed by atoms with Crippen LogP contribution in [0.2, 0.25) is 0 Å². The van der Waals surface area contributed by atoms with Crippen molar-refractivity contribution in [1.82, 2.24) is 0 Å². The lowest BCUT2D eigenvalue weighted by Crippen LogP contribution is -2.34. The Hall–Kier alpha value is -2.69. The van der Waals surface area contributed by atoms with Gasteiger partial charge >= 0.3 is 0 Å². The van der Waals surface area contributed by atoms with Crippen LogP contribution in [0.15, 0.2) is 48.5 Å². The van der Waals surface area contributed by atoms with Crippen LogP contribution in [0, 0.1) is 12.7 Å². The number of hydrogen-bond acceptors (Lipinski definition) is 3. The maximum atomic E-state index is 12.9. The molecule has 1 heterocycles. The van der Waals surface area contributed by atoms with Gasteiger partial charge in [-0.3, -0.25) is 9.59 Å². The summed E-state index contributed by atoms with van der Waals surface area (Å²) in [4.78, 5) is 25.8. The molecule has 0 radical (unpaired) electrons. The van der Waals surface area contributed by atoms with E-state index < -0.39 is 6.04 Å². The third-order valence-corrected chi connectivity index (χ3v) is 3.62. The van der Waals surface area contributed by atoms with Gasteiger partial charge in [0.1, 0.15) is 11.9 Å². The fourth-order valence-electron chi connectivity index (χ4n) is 2.46. The SMILES string of the molecule is Cc1ccc(N2C(=O)C[C@@H](Nc3ccc(F)cc3)C2=O)cc1. The van der Waals surface area contributed by atoms with Crippen molar-refractivity contribution < 1.29 is 14.0 Å². The number of hydrogen-bond donors (Lipinski definition) is 1. The highest BCUT2D eigenvalue weighted by Crippen LogP contribution is 2.25. The lowest BCUT2D eigenvalue weighted by Gasteiger charge is -2.16. The van der Waals surface area contributed by atoms with Crippen LogP contribution in [0.25, 0.3) is 0 Å². The van der Waals surface area contributed by atoms with E-state index in [1.165, 1.54) is 17.0 Å². The minimum Gasteiger partial charge on any atom is -0.373 e. The zero-order chi connectivity index (χ0) is 15.7. The van der Waals surface area contributed by atoms with Crippen LogP contribution < -0.4 is 10.2 Å². The highest BCUT2D eigenvalue weighted by molar-refractivity contribution is 6.23. The molecule has 4 nitrogen and oxygen atoms in total. The van der Waals surface area contributed by atoms with Gasteiger partial charge in [-0.1, -0.05) is 17.7 Å². The summed E-state index contributed by atoms with van der Waals surface area (Å²) < 4.78 is 12.9. The molecule has 1 atom stereocenters. The summed E-state index contributed by atoms with van der Waals surface area (Å²) >= 11 is 0. The molecule has 1 aliphatic rings. The second kappa shape index (κ2) is 5.60. The molecule has 2 aromatic rings. The van der Waals surface area contributed by atoms with Crippen LogP contribution in [0.5, 0.6) is 0 Å². The third kappa shape index (κ3) is 2.70. The van der Waals surface area contributed by atoms with Crippen molar-refractivity contribution in [3.63, 3.8) is 0 Å². The molecule has 22 heavy (non-hydrogen) atoms. The maximum absolute atomic E-state index is 12.9. The fourth-order valence-corrected chi connectivity index (χ4v) is 2.46. The van der Waals surface area contributed by atoms with Gasteiger partial charge in [0.2, 0.25) is 5.91 Å². The smallest absolute Gasteiger partial charge is 0.256 e. The first-order chi connectivity index (χ1) is 10.5. The minimum absolute atomic E-state index is 0.0874. The van der Waals surface area contributed by atoms with E-state index in [1.54, 1.807) is 24.3 Å². The lowest BCUT2D eigenvalue weighted by atomic mass is 10.2. The van der Waals surface area contributed by atoms with Crippen molar-refractivity contribution in [2.24, 2.45) is 0 Å². The average Bonchev–Trinajstić information content (AvgIpc) is 2.77. The topological polar surface area (TPSA) is 49.4 Å². The molecule has 0 aromatic heterocycles. The maximum Gasteiger partial charge on any atom is 0.256 e. The molecule has 1 N–H and O–H groups in total. The number of carbonyl (C=O) groups is 2. The van der Waals surface area contributed by atoms with Crippen molar-refractivity contribution in [3.8, 4) is 0 Å². The highest BCUT2D eigenvalue weighted by atomic mass is 19.1. The zero-order valence-corrected chi connectivity index (χ0v) is 12.0. The second-order valence-corrected chi connectivity index (χ2v) is 5.31. The van der Waals surface area contributed by atoms with E-state index >= 15 is 0 Å². The van der Waals surface area contributed by atoms with Crippen LogP contribution in [0.3, 0.4) is 0 Å². The van der Waals surface area contributed by atoms with Crippen LogP contribution in [-0.2, 0) is 9.59 Å². The molecule has 0 saturated carbocycles. The van der Waals surface area contributed by atoms with E-state index in [-0.39, 0.29) is 24.1 Å². The second-order valence-electron chi connectivity index (χ2n) is 5.31. The summed E-state index contributed by atoms with van der Waals surface area (Å²) in [7, 11) is 0. The van der Waals surface area contributed by atoms with Gasteiger partial charge in [-0.2, -0.15) is 0 Å². The molecule has 0 unspecified atom stereocenters. The van der Waals surface area contributed by atoms with Crippen LogP contribution in [0.1, 0.15) is 12.0 Å². The number of amides is 2. The summed E-state index contributed by atoms with van der Waals surface area (Å²) in [5.41, 5.74) is 2.24. The molecule has 1 aliphatic heterocycles. The number of benzene rings is 2. The molecule has 1 fully saturated rings. The first-order valence-corrected chi connectivity index (χ1v) is 7.00. The molecular weight excluding hydrogens is 283 g/mol. The molecule has 0 spiro atoms. The zero-order valence-electron chi connectivity index (χ0n) is 12.0. The monoisotopic (exact) mass is 298 g/mol. The molecule has 0 aliphatic carbocycles. The van der Waals surface area contributed by atoms with Gasteiger partial charge in [-0.25, -0.2) is 9.29 Å². The first kappa shape index (κ1) is 14.3. The quantitative estimate of drug-likeness (QED) is 0.886. The van der Waals surface area contributed by atoms with Crippen molar-refractivity contribution in [2.45, 2.75) is 19.4 Å². The number of aryl methyl sites for hydroxylation is 1. The summed E-state index contributed by atoms with van der Waals surface area (Å²) in [6.07, 6.45) is 0.0874. The van der Waals surface area contributed by atoms with Crippen molar-refractivity contribution >= 4 is 23.2 Å². The largest absolute Gasteiger partial charge is 0.373 e. The van der Waals surface area contributed by atoms with E-state index in [0.29, 0.717) is 11.4 Å². The van der Waals surface area contributed by atoms with E-state index in [9.17, 15) is 14.0 Å². The summed E-state index contributed by atoms with van der Waals surface area (Å²) in [5, 5.41) is 2.98. The standard InChI is InChI=1S/C17H15FN2O2/c1-11-2-8-14(9-3-11)20-16(21)10-15(17(20)22)19-13-6-4-12(18)5-7-13/h2-9,15,19H,10H2,1H3/t15-/m1/s1. The Bertz CT molecular complexity index is 710. The number of halogens is 1. The fraction of sp³-hybridized carbons (Fsp3) is 0.176. The Kier molecular flexibility index (Phi) is 3.63. The Morgan fingerprint density at radius 3 is 2.32 bits per heavy atom. The average molecular weight is 298 g/mol. The van der Waals surface area contributed by atoms with Gasteiger partial charge in [0, 0.05) is 5.69 Å². The molecule has 1 saturated heterocycles. The molecule has 2 aromatic carbocycles. The summed E-state index contributed by atoms with van der Waals surface area (Å²) in [6, 6.07) is 12.3. The molecule has 2 amide bonds. The number of carbonyl (C=O) groups excluding carboxylic acids is 2. The number of nitrogens with one attached hydrogen (secondary N) is 1. The summed E-state index contributed by atoms with van der Waals surface area (Å²) in [5.74, 6) is -0.882. The van der Waals surface area contributed by atoms with Crippen molar-refractivity contribution in [2.75, 3.05) is 10.2 Å². The van der Waals surface area contributed by atoms with Crippen LogP contribution >= 0.6 is 0 Å². The van der Waals surface area contributed by atoms with Gasteiger partial charge in [0.15, 0.2) is 0 Å². The van der Waals surface area contributed by atoms with E-state index in [1.807, 2.05) is 19.1 Å². The molecule has 5 heteroatoms. The molecular formula is C17H15FN2O2. The normalized spacial score (nSPS) is 17.9. The highest BCUT2D eigenvalue weighted by Gasteiger charge is 2.39. The van der Waals surface area contributed by atoms with Gasteiger partial charge in [-0.05, 0) is 43.3 Å². The third-order valence-electron chi connectivity index (χ3n) is 3.62. The Morgan fingerprint density at radius 2 is 1.68 bits per heavy atom. The predicted octanol–water partition coefficient (Wildman–Crippen LogP) is 2.88. The Labute approximate surface area is 127 Å².